The van der Waals surface area contributed by atoms with Crippen LogP contribution in [0.1, 0.15) is 18.9 Å². The van der Waals surface area contributed by atoms with Crippen molar-refractivity contribution in [2.45, 2.75) is 19.8 Å². The highest BCUT2D eigenvalue weighted by Gasteiger charge is 2.03. The first-order chi connectivity index (χ1) is 7.72. The molecule has 4 heteroatoms. The van der Waals surface area contributed by atoms with Crippen LogP contribution in [-0.4, -0.2) is 17.6 Å². The molecule has 0 heterocycles. The monoisotopic (exact) mass is 236 g/mol. The van der Waals surface area contributed by atoms with Crippen molar-refractivity contribution >= 4 is 23.2 Å². The molecule has 0 bridgehead atoms. The van der Waals surface area contributed by atoms with Crippen LogP contribution >= 0.6 is 12.2 Å². The Labute approximate surface area is 101 Å². The van der Waals surface area contributed by atoms with Crippen LogP contribution in [0.2, 0.25) is 0 Å². The average Bonchev–Trinajstić information content (AvgIpc) is 2.28. The SMILES string of the molecule is CCNC(=S)NC(=O)CCc1ccccc1. The number of rotatable bonds is 4. The lowest BCUT2D eigenvalue weighted by Crippen LogP contribution is -2.39. The largest absolute Gasteiger partial charge is 0.363 e. The third kappa shape index (κ3) is 4.89. The van der Waals surface area contributed by atoms with Gasteiger partial charge >= 0.3 is 0 Å². The molecule has 16 heavy (non-hydrogen) atoms. The molecular formula is C12H16N2OS. The predicted molar refractivity (Wildman–Crippen MR) is 69.2 cm³/mol. The number of benzene rings is 1. The van der Waals surface area contributed by atoms with Crippen LogP contribution in [0.5, 0.6) is 0 Å². The van der Waals surface area contributed by atoms with Crippen LogP contribution in [0.15, 0.2) is 30.3 Å². The number of hydrogen-bond acceptors (Lipinski definition) is 2. The first-order valence-electron chi connectivity index (χ1n) is 5.34. The average molecular weight is 236 g/mol. The molecule has 0 aliphatic carbocycles. The molecule has 1 rings (SSSR count). The van der Waals surface area contributed by atoms with Crippen LogP contribution in [0.4, 0.5) is 0 Å². The normalized spacial score (nSPS) is 9.56. The van der Waals surface area contributed by atoms with Gasteiger partial charge < -0.3 is 10.6 Å². The van der Waals surface area contributed by atoms with E-state index in [2.05, 4.69) is 10.6 Å². The molecule has 1 amide bonds. The van der Waals surface area contributed by atoms with E-state index in [0.29, 0.717) is 11.5 Å². The molecule has 0 saturated heterocycles. The first kappa shape index (κ1) is 12.6. The Bertz CT molecular complexity index is 351. The Kier molecular flexibility index (Phi) is 5.50. The van der Waals surface area contributed by atoms with Crippen LogP contribution in [-0.2, 0) is 11.2 Å². The summed E-state index contributed by atoms with van der Waals surface area (Å²) in [6.07, 6.45) is 1.19. The Morgan fingerprint density at radius 1 is 1.31 bits per heavy atom. The smallest absolute Gasteiger partial charge is 0.226 e. The number of nitrogens with one attached hydrogen (secondary N) is 2. The van der Waals surface area contributed by atoms with Crippen LogP contribution in [0, 0.1) is 0 Å². The summed E-state index contributed by atoms with van der Waals surface area (Å²) in [5, 5.41) is 5.91. The predicted octanol–water partition coefficient (Wildman–Crippen LogP) is 1.63. The summed E-state index contributed by atoms with van der Waals surface area (Å²) in [6.45, 7) is 2.65. The molecule has 0 unspecified atom stereocenters. The van der Waals surface area contributed by atoms with Gasteiger partial charge in [-0.05, 0) is 31.1 Å². The summed E-state index contributed by atoms with van der Waals surface area (Å²) in [6, 6.07) is 9.92. The van der Waals surface area contributed by atoms with Gasteiger partial charge in [0.15, 0.2) is 5.11 Å². The number of thiocarbonyl (C=S) groups is 1. The van der Waals surface area contributed by atoms with Crippen molar-refractivity contribution in [1.29, 1.82) is 0 Å². The molecule has 0 fully saturated rings. The highest BCUT2D eigenvalue weighted by Crippen LogP contribution is 2.01. The molecule has 0 radical (unpaired) electrons. The fourth-order valence-corrected chi connectivity index (χ4v) is 1.55. The van der Waals surface area contributed by atoms with E-state index in [1.54, 1.807) is 0 Å². The number of hydrogen-bond donors (Lipinski definition) is 2. The van der Waals surface area contributed by atoms with Gasteiger partial charge in [0.2, 0.25) is 5.91 Å². The summed E-state index contributed by atoms with van der Waals surface area (Å²) in [7, 11) is 0. The molecular weight excluding hydrogens is 220 g/mol. The topological polar surface area (TPSA) is 41.1 Å². The standard InChI is InChI=1S/C12H16N2OS/c1-2-13-12(16)14-11(15)9-8-10-6-4-3-5-7-10/h3-7H,2,8-9H2,1H3,(H2,13,14,15,16). The van der Waals surface area contributed by atoms with E-state index in [9.17, 15) is 4.79 Å². The molecule has 0 spiro atoms. The fourth-order valence-electron chi connectivity index (χ4n) is 1.30. The minimum absolute atomic E-state index is 0.0465. The molecule has 86 valence electrons. The Hall–Kier alpha value is -1.42. The van der Waals surface area contributed by atoms with Crippen molar-refractivity contribution in [3.05, 3.63) is 35.9 Å². The minimum atomic E-state index is -0.0465. The van der Waals surface area contributed by atoms with Gasteiger partial charge in [0.05, 0.1) is 0 Å². The molecule has 0 aliphatic heterocycles. The minimum Gasteiger partial charge on any atom is -0.363 e. The van der Waals surface area contributed by atoms with Gasteiger partial charge in [-0.2, -0.15) is 0 Å². The van der Waals surface area contributed by atoms with E-state index in [-0.39, 0.29) is 5.91 Å². The third-order valence-corrected chi connectivity index (χ3v) is 2.32. The van der Waals surface area contributed by atoms with Gasteiger partial charge in [-0.1, -0.05) is 30.3 Å². The van der Waals surface area contributed by atoms with Crippen molar-refractivity contribution < 1.29 is 4.79 Å². The molecule has 0 saturated carbocycles. The van der Waals surface area contributed by atoms with Gasteiger partial charge in [0.25, 0.3) is 0 Å². The second-order valence-corrected chi connectivity index (χ2v) is 3.80. The van der Waals surface area contributed by atoms with Crippen LogP contribution in [0.3, 0.4) is 0 Å². The fraction of sp³-hybridized carbons (Fsp3) is 0.333. The maximum absolute atomic E-state index is 11.5. The van der Waals surface area contributed by atoms with Gasteiger partial charge in [-0.3, -0.25) is 4.79 Å². The Morgan fingerprint density at radius 2 is 2.00 bits per heavy atom. The molecule has 1 aromatic rings. The van der Waals surface area contributed by atoms with Gasteiger partial charge in [-0.25, -0.2) is 0 Å². The number of carbonyl (C=O) groups excluding carboxylic acids is 1. The Morgan fingerprint density at radius 3 is 2.62 bits per heavy atom. The second-order valence-electron chi connectivity index (χ2n) is 3.39. The van der Waals surface area contributed by atoms with Gasteiger partial charge in [0, 0.05) is 13.0 Å². The zero-order valence-electron chi connectivity index (χ0n) is 9.32. The highest BCUT2D eigenvalue weighted by molar-refractivity contribution is 7.80. The summed E-state index contributed by atoms with van der Waals surface area (Å²) < 4.78 is 0. The molecule has 1 aromatic carbocycles. The number of carbonyl (C=O) groups is 1. The lowest BCUT2D eigenvalue weighted by atomic mass is 10.1. The maximum atomic E-state index is 11.5. The van der Waals surface area contributed by atoms with Crippen LogP contribution < -0.4 is 10.6 Å². The van der Waals surface area contributed by atoms with Crippen LogP contribution in [0.25, 0.3) is 0 Å². The van der Waals surface area contributed by atoms with Crippen molar-refractivity contribution in [3.8, 4) is 0 Å². The van der Waals surface area contributed by atoms with Gasteiger partial charge in [0.1, 0.15) is 0 Å². The number of amides is 1. The number of aryl methyl sites for hydroxylation is 1. The van der Waals surface area contributed by atoms with Crippen molar-refractivity contribution in [1.82, 2.24) is 10.6 Å². The highest BCUT2D eigenvalue weighted by atomic mass is 32.1. The van der Waals surface area contributed by atoms with E-state index in [0.717, 1.165) is 18.5 Å². The van der Waals surface area contributed by atoms with E-state index >= 15 is 0 Å². The van der Waals surface area contributed by atoms with Crippen molar-refractivity contribution in [2.24, 2.45) is 0 Å². The summed E-state index contributed by atoms with van der Waals surface area (Å²) in [5.41, 5.74) is 1.16. The molecule has 2 N–H and O–H groups in total. The lowest BCUT2D eigenvalue weighted by molar-refractivity contribution is -0.119. The van der Waals surface area contributed by atoms with E-state index < -0.39 is 0 Å². The lowest BCUT2D eigenvalue weighted by Gasteiger charge is -2.07. The summed E-state index contributed by atoms with van der Waals surface area (Å²) >= 11 is 4.92. The van der Waals surface area contributed by atoms with Crippen molar-refractivity contribution in [2.75, 3.05) is 6.54 Å². The first-order valence-corrected chi connectivity index (χ1v) is 5.74. The Balaban J connectivity index is 2.28. The molecule has 0 atom stereocenters. The maximum Gasteiger partial charge on any atom is 0.226 e. The molecule has 0 aliphatic rings. The van der Waals surface area contributed by atoms with E-state index in [4.69, 9.17) is 12.2 Å². The quantitative estimate of drug-likeness (QED) is 0.781. The zero-order chi connectivity index (χ0) is 11.8. The van der Waals surface area contributed by atoms with Crippen molar-refractivity contribution in [3.63, 3.8) is 0 Å². The zero-order valence-corrected chi connectivity index (χ0v) is 10.1. The second kappa shape index (κ2) is 6.95. The van der Waals surface area contributed by atoms with Gasteiger partial charge in [-0.15, -0.1) is 0 Å². The summed E-state index contributed by atoms with van der Waals surface area (Å²) in [4.78, 5) is 11.5. The molecule has 0 aromatic heterocycles. The van der Waals surface area contributed by atoms with E-state index in [1.807, 2.05) is 37.3 Å². The summed E-state index contributed by atoms with van der Waals surface area (Å²) in [5.74, 6) is -0.0465. The third-order valence-electron chi connectivity index (χ3n) is 2.07. The van der Waals surface area contributed by atoms with E-state index in [1.165, 1.54) is 0 Å². The molecule has 3 nitrogen and oxygen atoms in total.